The Morgan fingerprint density at radius 3 is 2.33 bits per heavy atom. The number of piperidine rings is 1. The van der Waals surface area contributed by atoms with Crippen LogP contribution in [0, 0.1) is 5.92 Å². The Labute approximate surface area is 150 Å². The standard InChI is InChI=1S/C21H28ClNO/c22-18-6-4-5-17(13-18)15-7-9-16(10-8-15)19-14-20(19)21(24)23-11-2-1-3-12-23/h7-10,17-20H,1-6,11-14H2. The van der Waals surface area contributed by atoms with Crippen molar-refractivity contribution in [3.63, 3.8) is 0 Å². The molecule has 24 heavy (non-hydrogen) atoms. The molecule has 0 radical (unpaired) electrons. The van der Waals surface area contributed by atoms with Crippen molar-refractivity contribution in [2.24, 2.45) is 5.92 Å². The number of benzene rings is 1. The zero-order valence-electron chi connectivity index (χ0n) is 14.4. The molecule has 4 atom stereocenters. The normalized spacial score (nSPS) is 33.3. The third-order valence-electron chi connectivity index (χ3n) is 6.22. The average molecular weight is 346 g/mol. The van der Waals surface area contributed by atoms with Gasteiger partial charge < -0.3 is 4.90 Å². The lowest BCUT2D eigenvalue weighted by molar-refractivity contribution is -0.133. The summed E-state index contributed by atoms with van der Waals surface area (Å²) < 4.78 is 0. The minimum Gasteiger partial charge on any atom is -0.342 e. The number of amides is 1. The number of likely N-dealkylation sites (tertiary alicyclic amines) is 1. The van der Waals surface area contributed by atoms with E-state index in [0.29, 0.717) is 23.1 Å². The summed E-state index contributed by atoms with van der Waals surface area (Å²) in [4.78, 5) is 14.7. The van der Waals surface area contributed by atoms with Crippen LogP contribution in [-0.4, -0.2) is 29.3 Å². The van der Waals surface area contributed by atoms with Crippen LogP contribution in [0.2, 0.25) is 0 Å². The number of rotatable bonds is 3. The van der Waals surface area contributed by atoms with E-state index in [0.717, 1.165) is 25.9 Å². The van der Waals surface area contributed by atoms with Crippen LogP contribution in [0.15, 0.2) is 24.3 Å². The Kier molecular flexibility index (Phi) is 4.85. The van der Waals surface area contributed by atoms with Gasteiger partial charge in [0.1, 0.15) is 0 Å². The lowest BCUT2D eigenvalue weighted by Gasteiger charge is -2.27. The predicted octanol–water partition coefficient (Wildman–Crippen LogP) is 5.07. The number of carbonyl (C=O) groups is 1. The zero-order chi connectivity index (χ0) is 16.5. The third kappa shape index (κ3) is 3.49. The van der Waals surface area contributed by atoms with Crippen LogP contribution in [0.3, 0.4) is 0 Å². The summed E-state index contributed by atoms with van der Waals surface area (Å²) in [5, 5.41) is 0.346. The molecule has 0 N–H and O–H groups in total. The van der Waals surface area contributed by atoms with E-state index in [4.69, 9.17) is 11.6 Å². The van der Waals surface area contributed by atoms with E-state index in [2.05, 4.69) is 29.2 Å². The molecule has 1 aromatic carbocycles. The smallest absolute Gasteiger partial charge is 0.226 e. The van der Waals surface area contributed by atoms with Gasteiger partial charge in [0, 0.05) is 24.4 Å². The molecule has 0 spiro atoms. The molecule has 1 aliphatic heterocycles. The lowest BCUT2D eigenvalue weighted by Crippen LogP contribution is -2.36. The number of carbonyl (C=O) groups excluding carboxylic acids is 1. The molecule has 4 unspecified atom stereocenters. The molecular formula is C21H28ClNO. The average Bonchev–Trinajstić information content (AvgIpc) is 3.43. The van der Waals surface area contributed by atoms with Crippen LogP contribution in [-0.2, 0) is 4.79 Å². The predicted molar refractivity (Wildman–Crippen MR) is 98.6 cm³/mol. The van der Waals surface area contributed by atoms with E-state index in [1.807, 2.05) is 0 Å². The number of hydrogen-bond donors (Lipinski definition) is 0. The van der Waals surface area contributed by atoms with Crippen LogP contribution in [0.25, 0.3) is 0 Å². The van der Waals surface area contributed by atoms with E-state index in [-0.39, 0.29) is 5.92 Å². The number of hydrogen-bond acceptors (Lipinski definition) is 1. The van der Waals surface area contributed by atoms with Crippen molar-refractivity contribution in [2.45, 2.75) is 68.6 Å². The lowest BCUT2D eigenvalue weighted by atomic mass is 9.83. The second-order valence-corrected chi connectivity index (χ2v) is 8.58. The summed E-state index contributed by atoms with van der Waals surface area (Å²) in [7, 11) is 0. The van der Waals surface area contributed by atoms with E-state index in [9.17, 15) is 4.79 Å². The highest BCUT2D eigenvalue weighted by Crippen LogP contribution is 2.49. The second kappa shape index (κ2) is 7.07. The Morgan fingerprint density at radius 2 is 1.62 bits per heavy atom. The molecule has 0 aromatic heterocycles. The molecule has 130 valence electrons. The maximum Gasteiger partial charge on any atom is 0.226 e. The van der Waals surface area contributed by atoms with Gasteiger partial charge in [-0.25, -0.2) is 0 Å². The Morgan fingerprint density at radius 1 is 0.917 bits per heavy atom. The van der Waals surface area contributed by atoms with E-state index >= 15 is 0 Å². The number of nitrogens with zero attached hydrogens (tertiary/aromatic N) is 1. The molecule has 1 saturated heterocycles. The van der Waals surface area contributed by atoms with Crippen LogP contribution in [0.1, 0.15) is 74.3 Å². The summed E-state index contributed by atoms with van der Waals surface area (Å²) in [5.41, 5.74) is 2.79. The fraction of sp³-hybridized carbons (Fsp3) is 0.667. The van der Waals surface area contributed by atoms with Gasteiger partial charge in [0.25, 0.3) is 0 Å². The van der Waals surface area contributed by atoms with Crippen molar-refractivity contribution in [2.75, 3.05) is 13.1 Å². The molecule has 1 amide bonds. The molecule has 3 fully saturated rings. The Hall–Kier alpha value is -1.02. The van der Waals surface area contributed by atoms with E-state index in [1.165, 1.54) is 49.7 Å². The summed E-state index contributed by atoms with van der Waals surface area (Å²) in [5.74, 6) is 1.73. The summed E-state index contributed by atoms with van der Waals surface area (Å²) in [6.45, 7) is 1.95. The van der Waals surface area contributed by atoms with Crippen LogP contribution < -0.4 is 0 Å². The topological polar surface area (TPSA) is 20.3 Å². The fourth-order valence-electron chi connectivity index (χ4n) is 4.63. The summed E-state index contributed by atoms with van der Waals surface area (Å²) >= 11 is 6.34. The quantitative estimate of drug-likeness (QED) is 0.700. The van der Waals surface area contributed by atoms with Crippen molar-refractivity contribution < 1.29 is 4.79 Å². The largest absolute Gasteiger partial charge is 0.342 e. The minimum absolute atomic E-state index is 0.246. The van der Waals surface area contributed by atoms with Gasteiger partial charge in [-0.15, -0.1) is 11.6 Å². The van der Waals surface area contributed by atoms with Crippen LogP contribution in [0.5, 0.6) is 0 Å². The van der Waals surface area contributed by atoms with Gasteiger partial charge in [-0.2, -0.15) is 0 Å². The first kappa shape index (κ1) is 16.4. The van der Waals surface area contributed by atoms with Crippen LogP contribution >= 0.6 is 11.6 Å². The number of alkyl halides is 1. The molecular weight excluding hydrogens is 318 g/mol. The van der Waals surface area contributed by atoms with Gasteiger partial charge in [-0.05, 0) is 67.9 Å². The molecule has 2 saturated carbocycles. The van der Waals surface area contributed by atoms with Gasteiger partial charge in [-0.3, -0.25) is 4.79 Å². The molecule has 1 aromatic rings. The maximum atomic E-state index is 12.6. The first-order valence-electron chi connectivity index (χ1n) is 9.75. The second-order valence-electron chi connectivity index (χ2n) is 7.96. The molecule has 3 heteroatoms. The van der Waals surface area contributed by atoms with Gasteiger partial charge in [0.15, 0.2) is 0 Å². The van der Waals surface area contributed by atoms with Gasteiger partial charge >= 0.3 is 0 Å². The van der Waals surface area contributed by atoms with E-state index in [1.54, 1.807) is 0 Å². The summed E-state index contributed by atoms with van der Waals surface area (Å²) in [6.07, 6.45) is 9.48. The highest BCUT2D eigenvalue weighted by molar-refractivity contribution is 6.20. The zero-order valence-corrected chi connectivity index (χ0v) is 15.2. The van der Waals surface area contributed by atoms with Crippen molar-refractivity contribution >= 4 is 17.5 Å². The SMILES string of the molecule is O=C(C1CC1c1ccc(C2CCCC(Cl)C2)cc1)N1CCCCC1. The molecule has 2 aliphatic carbocycles. The minimum atomic E-state index is 0.246. The van der Waals surface area contributed by atoms with Crippen molar-refractivity contribution in [1.29, 1.82) is 0 Å². The monoisotopic (exact) mass is 345 g/mol. The molecule has 2 nitrogen and oxygen atoms in total. The molecule has 3 aliphatic rings. The number of halogens is 1. The first-order valence-corrected chi connectivity index (χ1v) is 10.2. The van der Waals surface area contributed by atoms with Gasteiger partial charge in [0.2, 0.25) is 5.91 Å². The van der Waals surface area contributed by atoms with Crippen LogP contribution in [0.4, 0.5) is 0 Å². The fourth-order valence-corrected chi connectivity index (χ4v) is 5.00. The summed E-state index contributed by atoms with van der Waals surface area (Å²) in [6, 6.07) is 9.11. The molecule has 1 heterocycles. The Bertz CT molecular complexity index is 578. The van der Waals surface area contributed by atoms with Crippen molar-refractivity contribution in [3.05, 3.63) is 35.4 Å². The molecule has 4 rings (SSSR count). The Balaban J connectivity index is 1.36. The highest BCUT2D eigenvalue weighted by atomic mass is 35.5. The third-order valence-corrected chi connectivity index (χ3v) is 6.62. The maximum absolute atomic E-state index is 12.6. The van der Waals surface area contributed by atoms with E-state index < -0.39 is 0 Å². The van der Waals surface area contributed by atoms with Gasteiger partial charge in [-0.1, -0.05) is 30.7 Å². The van der Waals surface area contributed by atoms with Gasteiger partial charge in [0.05, 0.1) is 0 Å². The van der Waals surface area contributed by atoms with Crippen molar-refractivity contribution in [1.82, 2.24) is 4.90 Å². The highest BCUT2D eigenvalue weighted by Gasteiger charge is 2.45. The first-order chi connectivity index (χ1) is 11.7. The molecule has 0 bridgehead atoms. The van der Waals surface area contributed by atoms with Crippen molar-refractivity contribution in [3.8, 4) is 0 Å².